The van der Waals surface area contributed by atoms with Gasteiger partial charge in [0, 0.05) is 0 Å². The van der Waals surface area contributed by atoms with Gasteiger partial charge >= 0.3 is 0 Å². The smallest absolute Gasteiger partial charge is 0.000925 e. The Morgan fingerprint density at radius 1 is 0.452 bits per heavy atom. The van der Waals surface area contributed by atoms with Gasteiger partial charge in [-0.3, -0.25) is 0 Å². The highest BCUT2D eigenvalue weighted by atomic mass is 31.1. The van der Waals surface area contributed by atoms with E-state index in [4.69, 9.17) is 0 Å². The summed E-state index contributed by atoms with van der Waals surface area (Å²) in [7, 11) is -0.817. The van der Waals surface area contributed by atoms with Crippen LogP contribution in [0.5, 0.6) is 0 Å². The average Bonchev–Trinajstić information content (AvgIpc) is 3.05. The molecule has 202 valence electrons. The maximum atomic E-state index is 2.40. The molecule has 0 atom stereocenters. The molecule has 0 bridgehead atoms. The summed E-state index contributed by atoms with van der Waals surface area (Å²) in [4.78, 5) is 0. The molecule has 0 nitrogen and oxygen atoms in total. The number of hydrogen-bond acceptors (Lipinski definition) is 0. The van der Waals surface area contributed by atoms with Crippen LogP contribution in [0.3, 0.4) is 0 Å². The van der Waals surface area contributed by atoms with Gasteiger partial charge < -0.3 is 0 Å². The van der Waals surface area contributed by atoms with Gasteiger partial charge in [0.15, 0.2) is 0 Å². The summed E-state index contributed by atoms with van der Waals surface area (Å²) in [5, 5.41) is 9.23. The van der Waals surface area contributed by atoms with Crippen LogP contribution in [-0.4, -0.2) is 0 Å². The summed E-state index contributed by atoms with van der Waals surface area (Å²) in [5.41, 5.74) is 6.57. The highest BCUT2D eigenvalue weighted by Gasteiger charge is 2.25. The molecule has 7 rings (SSSR count). The summed E-state index contributed by atoms with van der Waals surface area (Å²) in [6, 6.07) is 58.4. The molecular formula is C41H33P. The molecule has 0 saturated carbocycles. The Bertz CT molecular complexity index is 1970. The molecule has 0 aromatic heterocycles. The molecule has 0 aliphatic carbocycles. The molecule has 0 amide bonds. The average molecular weight is 557 g/mol. The van der Waals surface area contributed by atoms with Crippen molar-refractivity contribution < 1.29 is 0 Å². The molecule has 0 N–H and O–H groups in total. The zero-order chi connectivity index (χ0) is 28.5. The third-order valence-electron chi connectivity index (χ3n) is 8.22. The minimum absolute atomic E-state index is 0.464. The van der Waals surface area contributed by atoms with Gasteiger partial charge in [-0.1, -0.05) is 172 Å². The van der Waals surface area contributed by atoms with Crippen LogP contribution in [0.2, 0.25) is 0 Å². The summed E-state index contributed by atoms with van der Waals surface area (Å²) in [6.45, 7) is 4.55. The van der Waals surface area contributed by atoms with E-state index >= 15 is 0 Å². The van der Waals surface area contributed by atoms with E-state index in [2.05, 4.69) is 172 Å². The third-order valence-corrected chi connectivity index (χ3v) is 10.7. The first-order chi connectivity index (χ1) is 20.7. The van der Waals surface area contributed by atoms with E-state index in [0.717, 1.165) is 0 Å². The monoisotopic (exact) mass is 556 g/mol. The van der Waals surface area contributed by atoms with Crippen molar-refractivity contribution in [2.24, 2.45) is 0 Å². The second-order valence-corrected chi connectivity index (χ2v) is 13.4. The third kappa shape index (κ3) is 4.83. The first-order valence-electron chi connectivity index (χ1n) is 14.7. The highest BCUT2D eigenvalue weighted by Crippen LogP contribution is 2.45. The Hall–Kier alpha value is -4.51. The van der Waals surface area contributed by atoms with Crippen molar-refractivity contribution in [1.82, 2.24) is 0 Å². The fourth-order valence-corrected chi connectivity index (χ4v) is 8.61. The van der Waals surface area contributed by atoms with Crippen molar-refractivity contribution in [2.75, 3.05) is 0 Å². The van der Waals surface area contributed by atoms with E-state index in [1.54, 1.807) is 0 Å². The second-order valence-electron chi connectivity index (χ2n) is 11.2. The van der Waals surface area contributed by atoms with Gasteiger partial charge in [0.05, 0.1) is 0 Å². The first-order valence-corrected chi connectivity index (χ1v) is 16.1. The minimum Gasteiger partial charge on any atom is -0.0622 e. The molecule has 0 fully saturated rings. The van der Waals surface area contributed by atoms with Crippen molar-refractivity contribution in [2.45, 2.75) is 19.8 Å². The van der Waals surface area contributed by atoms with Crippen LogP contribution in [0.1, 0.15) is 25.3 Å². The van der Waals surface area contributed by atoms with E-state index < -0.39 is 7.92 Å². The lowest BCUT2D eigenvalue weighted by Gasteiger charge is -2.26. The van der Waals surface area contributed by atoms with Crippen LogP contribution >= 0.6 is 7.92 Å². The molecule has 0 spiro atoms. The standard InChI is InChI=1S/C41H33P/c1-29(2)32-16-13-17-33(28-32)38-26-24-30-14-9-11-22-36(30)40(38)41-37-23-12-10-15-31(37)25-27-39(41)42(34-18-5-3-6-19-34)35-20-7-4-8-21-35/h3-29H,1-2H3. The summed E-state index contributed by atoms with van der Waals surface area (Å²) in [5.74, 6) is 0.464. The van der Waals surface area contributed by atoms with Crippen molar-refractivity contribution in [3.8, 4) is 22.3 Å². The normalized spacial score (nSPS) is 11.5. The summed E-state index contributed by atoms with van der Waals surface area (Å²) in [6.07, 6.45) is 0. The number of benzene rings is 7. The van der Waals surface area contributed by atoms with Crippen LogP contribution in [0.15, 0.2) is 158 Å². The van der Waals surface area contributed by atoms with Gasteiger partial charge in [0.1, 0.15) is 0 Å². The maximum absolute atomic E-state index is 2.40. The van der Waals surface area contributed by atoms with Gasteiger partial charge in [0.25, 0.3) is 0 Å². The van der Waals surface area contributed by atoms with E-state index in [-0.39, 0.29) is 0 Å². The van der Waals surface area contributed by atoms with Crippen molar-refractivity contribution >= 4 is 45.4 Å². The van der Waals surface area contributed by atoms with Crippen LogP contribution in [-0.2, 0) is 0 Å². The fourth-order valence-electron chi connectivity index (χ4n) is 6.14. The molecule has 0 heterocycles. The first kappa shape index (κ1) is 26.4. The molecular weight excluding hydrogens is 523 g/mol. The van der Waals surface area contributed by atoms with Gasteiger partial charge in [-0.15, -0.1) is 0 Å². The van der Waals surface area contributed by atoms with Crippen LogP contribution < -0.4 is 15.9 Å². The SMILES string of the molecule is CC(C)c1cccc(-c2ccc3ccccc3c2-c2c(P(c3ccccc3)c3ccccc3)ccc3ccccc23)c1. The zero-order valence-electron chi connectivity index (χ0n) is 24.0. The molecule has 0 radical (unpaired) electrons. The minimum atomic E-state index is -0.817. The van der Waals surface area contributed by atoms with Gasteiger partial charge in [-0.25, -0.2) is 0 Å². The summed E-state index contributed by atoms with van der Waals surface area (Å²) < 4.78 is 0. The van der Waals surface area contributed by atoms with Crippen LogP contribution in [0.25, 0.3) is 43.8 Å². The lowest BCUT2D eigenvalue weighted by molar-refractivity contribution is 0.867. The molecule has 7 aromatic rings. The molecule has 7 aromatic carbocycles. The number of fused-ring (bicyclic) bond motifs is 2. The van der Waals surface area contributed by atoms with Crippen molar-refractivity contribution in [1.29, 1.82) is 0 Å². The van der Waals surface area contributed by atoms with E-state index in [0.29, 0.717) is 5.92 Å². The Balaban J connectivity index is 1.63. The Kier molecular flexibility index (Phi) is 7.16. The molecule has 1 heteroatoms. The number of hydrogen-bond donors (Lipinski definition) is 0. The second kappa shape index (κ2) is 11.4. The zero-order valence-corrected chi connectivity index (χ0v) is 24.9. The number of rotatable bonds is 6. The molecule has 42 heavy (non-hydrogen) atoms. The molecule has 0 aliphatic heterocycles. The molecule has 0 unspecified atom stereocenters. The van der Waals surface area contributed by atoms with Gasteiger partial charge in [-0.2, -0.15) is 0 Å². The Labute approximate surface area is 250 Å². The van der Waals surface area contributed by atoms with E-state index in [1.165, 1.54) is 65.3 Å². The fraction of sp³-hybridized carbons (Fsp3) is 0.0732. The Morgan fingerprint density at radius 2 is 1.00 bits per heavy atom. The predicted molar refractivity (Wildman–Crippen MR) is 185 cm³/mol. The van der Waals surface area contributed by atoms with Gasteiger partial charge in [0.2, 0.25) is 0 Å². The quantitative estimate of drug-likeness (QED) is 0.179. The van der Waals surface area contributed by atoms with Crippen molar-refractivity contribution in [3.63, 3.8) is 0 Å². The summed E-state index contributed by atoms with van der Waals surface area (Å²) >= 11 is 0. The Morgan fingerprint density at radius 3 is 1.62 bits per heavy atom. The topological polar surface area (TPSA) is 0 Å². The maximum Gasteiger partial charge on any atom is -0.000925 e. The largest absolute Gasteiger partial charge is 0.0622 e. The van der Waals surface area contributed by atoms with E-state index in [1.807, 2.05) is 0 Å². The molecule has 0 aliphatic rings. The predicted octanol–water partition coefficient (Wildman–Crippen LogP) is 10.2. The molecule has 0 saturated heterocycles. The van der Waals surface area contributed by atoms with Crippen LogP contribution in [0.4, 0.5) is 0 Å². The lowest BCUT2D eigenvalue weighted by atomic mass is 9.86. The van der Waals surface area contributed by atoms with Gasteiger partial charge in [-0.05, 0) is 79.1 Å². The van der Waals surface area contributed by atoms with Crippen molar-refractivity contribution in [3.05, 3.63) is 163 Å². The highest BCUT2D eigenvalue weighted by molar-refractivity contribution is 7.80. The van der Waals surface area contributed by atoms with E-state index in [9.17, 15) is 0 Å². The lowest BCUT2D eigenvalue weighted by Crippen LogP contribution is -2.22. The van der Waals surface area contributed by atoms with Crippen LogP contribution in [0, 0.1) is 0 Å².